The van der Waals surface area contributed by atoms with E-state index < -0.39 is 5.67 Å². The molecule has 0 saturated carbocycles. The lowest BCUT2D eigenvalue weighted by molar-refractivity contribution is 0.221. The minimum Gasteiger partial charge on any atom is -0.391 e. The van der Waals surface area contributed by atoms with Crippen LogP contribution in [0.4, 0.5) is 15.8 Å². The first-order chi connectivity index (χ1) is 15.9. The van der Waals surface area contributed by atoms with Gasteiger partial charge in [0.15, 0.2) is 0 Å². The molecule has 2 aromatic carbocycles. The van der Waals surface area contributed by atoms with Crippen molar-refractivity contribution in [1.82, 2.24) is 5.32 Å². The SMILES string of the molecule is C=CNCCC(CCC(CCC)CCC)N1c2ccccc2Sc2ccc(C(C)(C)F)cc21. The maximum absolute atomic E-state index is 14.9. The van der Waals surface area contributed by atoms with E-state index in [-0.39, 0.29) is 0 Å². The standard InChI is InChI=1S/C29H41FN2S/c1-6-11-22(12-7-2)15-17-24(19-20-31-8-3)32-25-13-9-10-14-27(25)33-28-18-16-23(21-26(28)32)29(4,5)30/h8-10,13-14,16,18,21-22,24,31H,3,6-7,11-12,15,17,19-20H2,1-2,4-5H3. The number of nitrogens with zero attached hydrogens (tertiary/aromatic N) is 1. The number of benzene rings is 2. The molecule has 33 heavy (non-hydrogen) atoms. The van der Waals surface area contributed by atoms with Crippen LogP contribution in [0.25, 0.3) is 0 Å². The van der Waals surface area contributed by atoms with Crippen molar-refractivity contribution in [2.75, 3.05) is 11.4 Å². The predicted molar refractivity (Wildman–Crippen MR) is 142 cm³/mol. The van der Waals surface area contributed by atoms with Gasteiger partial charge < -0.3 is 10.2 Å². The van der Waals surface area contributed by atoms with Crippen molar-refractivity contribution in [1.29, 1.82) is 0 Å². The van der Waals surface area contributed by atoms with E-state index in [4.69, 9.17) is 0 Å². The molecule has 1 atom stereocenters. The zero-order valence-electron chi connectivity index (χ0n) is 20.9. The lowest BCUT2D eigenvalue weighted by Crippen LogP contribution is -2.36. The molecule has 4 heteroatoms. The monoisotopic (exact) mass is 468 g/mol. The molecule has 0 saturated heterocycles. The first-order valence-corrected chi connectivity index (χ1v) is 13.4. The largest absolute Gasteiger partial charge is 0.391 e. The number of nitrogens with one attached hydrogen (secondary N) is 1. The second kappa shape index (κ2) is 12.0. The van der Waals surface area contributed by atoms with E-state index in [0.717, 1.165) is 36.6 Å². The molecule has 0 aliphatic carbocycles. The van der Waals surface area contributed by atoms with Crippen LogP contribution >= 0.6 is 11.8 Å². The van der Waals surface area contributed by atoms with Gasteiger partial charge in [-0.15, -0.1) is 0 Å². The van der Waals surface area contributed by atoms with Crippen LogP contribution in [-0.2, 0) is 5.67 Å². The lowest BCUT2D eigenvalue weighted by Gasteiger charge is -2.40. The van der Waals surface area contributed by atoms with Crippen molar-refractivity contribution < 1.29 is 4.39 Å². The first kappa shape index (κ1) is 25.7. The van der Waals surface area contributed by atoms with E-state index in [9.17, 15) is 4.39 Å². The van der Waals surface area contributed by atoms with E-state index in [0.29, 0.717) is 6.04 Å². The van der Waals surface area contributed by atoms with Crippen molar-refractivity contribution in [2.24, 2.45) is 5.92 Å². The van der Waals surface area contributed by atoms with Gasteiger partial charge >= 0.3 is 0 Å². The molecular weight excluding hydrogens is 427 g/mol. The smallest absolute Gasteiger partial charge is 0.130 e. The number of anilines is 2. The summed E-state index contributed by atoms with van der Waals surface area (Å²) >= 11 is 1.80. The highest BCUT2D eigenvalue weighted by Crippen LogP contribution is 2.50. The third kappa shape index (κ3) is 6.56. The van der Waals surface area contributed by atoms with Gasteiger partial charge in [0.05, 0.1) is 11.4 Å². The van der Waals surface area contributed by atoms with Crippen molar-refractivity contribution in [2.45, 2.75) is 94.1 Å². The summed E-state index contributed by atoms with van der Waals surface area (Å²) in [7, 11) is 0. The van der Waals surface area contributed by atoms with Crippen molar-refractivity contribution >= 4 is 23.1 Å². The molecule has 1 aliphatic rings. The normalized spacial score (nSPS) is 14.1. The average molecular weight is 469 g/mol. The Morgan fingerprint density at radius 3 is 2.33 bits per heavy atom. The van der Waals surface area contributed by atoms with E-state index in [1.165, 1.54) is 47.6 Å². The molecular formula is C29H41FN2S. The molecule has 0 bridgehead atoms. The summed E-state index contributed by atoms with van der Waals surface area (Å²) in [6, 6.07) is 15.1. The second-order valence-electron chi connectivity index (χ2n) is 9.72. The Hall–Kier alpha value is -1.94. The predicted octanol–water partition coefficient (Wildman–Crippen LogP) is 8.98. The van der Waals surface area contributed by atoms with E-state index in [1.807, 2.05) is 6.07 Å². The number of para-hydroxylation sites is 1. The molecule has 0 amide bonds. The summed E-state index contributed by atoms with van der Waals surface area (Å²) in [5, 5.41) is 3.31. The van der Waals surface area contributed by atoms with Gasteiger partial charge in [0.2, 0.25) is 0 Å². The minimum absolute atomic E-state index is 0.340. The summed E-state index contributed by atoms with van der Waals surface area (Å²) in [4.78, 5) is 5.00. The zero-order chi connectivity index (χ0) is 23.8. The number of hydrogen-bond donors (Lipinski definition) is 1. The van der Waals surface area contributed by atoms with Gasteiger partial charge in [0, 0.05) is 22.4 Å². The second-order valence-corrected chi connectivity index (χ2v) is 10.8. The average Bonchev–Trinajstić information content (AvgIpc) is 2.79. The number of alkyl halides is 1. The van der Waals surface area contributed by atoms with Crippen molar-refractivity contribution in [3.05, 3.63) is 60.8 Å². The van der Waals surface area contributed by atoms with Gasteiger partial charge in [-0.25, -0.2) is 4.39 Å². The van der Waals surface area contributed by atoms with Crippen molar-refractivity contribution in [3.63, 3.8) is 0 Å². The molecule has 0 fully saturated rings. The third-order valence-electron chi connectivity index (χ3n) is 6.68. The fourth-order valence-corrected chi connectivity index (χ4v) is 6.03. The van der Waals surface area contributed by atoms with Crippen LogP contribution in [-0.4, -0.2) is 12.6 Å². The molecule has 1 heterocycles. The Balaban J connectivity index is 2.00. The summed E-state index contributed by atoms with van der Waals surface area (Å²) in [5.74, 6) is 0.778. The number of fused-ring (bicyclic) bond motifs is 2. The molecule has 1 N–H and O–H groups in total. The summed E-state index contributed by atoms with van der Waals surface area (Å²) in [6.07, 6.45) is 10.2. The minimum atomic E-state index is -1.37. The Morgan fingerprint density at radius 2 is 1.67 bits per heavy atom. The number of hydrogen-bond acceptors (Lipinski definition) is 3. The molecule has 2 aromatic rings. The van der Waals surface area contributed by atoms with Gasteiger partial charge in [-0.05, 0) is 75.1 Å². The van der Waals surface area contributed by atoms with Crippen LogP contribution in [0.15, 0.2) is 65.0 Å². The van der Waals surface area contributed by atoms with Crippen LogP contribution < -0.4 is 10.2 Å². The van der Waals surface area contributed by atoms with E-state index in [1.54, 1.807) is 31.8 Å². The zero-order valence-corrected chi connectivity index (χ0v) is 21.7. The quantitative estimate of drug-likeness (QED) is 0.295. The fraction of sp³-hybridized carbons (Fsp3) is 0.517. The Labute approximate surface area is 205 Å². The Bertz CT molecular complexity index is 899. The third-order valence-corrected chi connectivity index (χ3v) is 7.81. The maximum Gasteiger partial charge on any atom is 0.130 e. The molecule has 0 radical (unpaired) electrons. The Morgan fingerprint density at radius 1 is 0.970 bits per heavy atom. The number of halogens is 1. The van der Waals surface area contributed by atoms with E-state index >= 15 is 0 Å². The maximum atomic E-state index is 14.9. The van der Waals surface area contributed by atoms with Gasteiger partial charge in [-0.3, -0.25) is 0 Å². The molecule has 0 spiro atoms. The van der Waals surface area contributed by atoms with Gasteiger partial charge in [-0.1, -0.05) is 76.1 Å². The highest BCUT2D eigenvalue weighted by molar-refractivity contribution is 7.99. The highest BCUT2D eigenvalue weighted by Gasteiger charge is 2.31. The molecule has 0 aromatic heterocycles. The van der Waals surface area contributed by atoms with Crippen LogP contribution in [0.1, 0.15) is 78.2 Å². The molecule has 1 aliphatic heterocycles. The number of rotatable bonds is 13. The van der Waals surface area contributed by atoms with Gasteiger partial charge in [0.1, 0.15) is 5.67 Å². The van der Waals surface area contributed by atoms with Crippen molar-refractivity contribution in [3.8, 4) is 0 Å². The molecule has 180 valence electrons. The first-order valence-electron chi connectivity index (χ1n) is 12.6. The molecule has 3 rings (SSSR count). The van der Waals surface area contributed by atoms with Gasteiger partial charge in [0.25, 0.3) is 0 Å². The fourth-order valence-electron chi connectivity index (χ4n) is 4.98. The summed E-state index contributed by atoms with van der Waals surface area (Å²) in [6.45, 7) is 12.6. The Kier molecular flexibility index (Phi) is 9.31. The molecule has 2 nitrogen and oxygen atoms in total. The van der Waals surface area contributed by atoms with Crippen LogP contribution in [0, 0.1) is 5.92 Å². The highest BCUT2D eigenvalue weighted by atomic mass is 32.2. The topological polar surface area (TPSA) is 15.3 Å². The van der Waals surface area contributed by atoms with Gasteiger partial charge in [-0.2, -0.15) is 0 Å². The lowest BCUT2D eigenvalue weighted by atomic mass is 9.90. The van der Waals surface area contributed by atoms with Crippen LogP contribution in [0.3, 0.4) is 0 Å². The van der Waals surface area contributed by atoms with Crippen LogP contribution in [0.2, 0.25) is 0 Å². The van der Waals surface area contributed by atoms with Crippen LogP contribution in [0.5, 0.6) is 0 Å². The van der Waals surface area contributed by atoms with E-state index in [2.05, 4.69) is 67.0 Å². The molecule has 1 unspecified atom stereocenters. The summed E-state index contributed by atoms with van der Waals surface area (Å²) in [5.41, 5.74) is 1.77. The summed E-state index contributed by atoms with van der Waals surface area (Å²) < 4.78 is 14.9.